The van der Waals surface area contributed by atoms with Gasteiger partial charge in [-0.25, -0.2) is 18.1 Å². The second kappa shape index (κ2) is 5.38. The maximum atomic E-state index is 12.0. The molecule has 1 saturated carbocycles. The molecule has 0 spiro atoms. The Balaban J connectivity index is 2.02. The molecule has 2 rings (SSSR count). The van der Waals surface area contributed by atoms with Gasteiger partial charge in [0, 0.05) is 6.54 Å². The predicted octanol–water partition coefficient (Wildman–Crippen LogP) is 0.597. The monoisotopic (exact) mass is 272 g/mol. The van der Waals surface area contributed by atoms with Crippen molar-refractivity contribution in [3.63, 3.8) is 0 Å². The third-order valence-electron chi connectivity index (χ3n) is 3.75. The molecule has 1 fully saturated rings. The zero-order chi connectivity index (χ0) is 13.1. The van der Waals surface area contributed by atoms with Crippen molar-refractivity contribution in [2.45, 2.75) is 37.1 Å². The number of hydrogen-bond donors (Lipinski definition) is 3. The van der Waals surface area contributed by atoms with E-state index in [0.29, 0.717) is 13.1 Å². The third kappa shape index (κ3) is 2.90. The summed E-state index contributed by atoms with van der Waals surface area (Å²) in [6.45, 7) is 0.934. The summed E-state index contributed by atoms with van der Waals surface area (Å²) in [5, 5.41) is 0.102. The molecule has 1 heterocycles. The summed E-state index contributed by atoms with van der Waals surface area (Å²) in [5.74, 6) is 0. The molecule has 0 saturated heterocycles. The van der Waals surface area contributed by atoms with E-state index in [0.717, 1.165) is 25.7 Å². The first kappa shape index (κ1) is 13.5. The molecule has 0 bridgehead atoms. The minimum atomic E-state index is -3.49. The number of nitrogens with one attached hydrogen (secondary N) is 2. The van der Waals surface area contributed by atoms with Crippen LogP contribution in [0.3, 0.4) is 0 Å². The highest BCUT2D eigenvalue weighted by atomic mass is 32.2. The van der Waals surface area contributed by atoms with Gasteiger partial charge in [0.1, 0.15) is 0 Å². The molecule has 0 radical (unpaired) electrons. The number of nitrogens with zero attached hydrogens (tertiary/aromatic N) is 1. The largest absolute Gasteiger partial charge is 0.335 e. The Kier molecular flexibility index (Phi) is 4.04. The zero-order valence-corrected chi connectivity index (χ0v) is 11.2. The average Bonchev–Trinajstić information content (AvgIpc) is 2.92. The summed E-state index contributed by atoms with van der Waals surface area (Å²) in [4.78, 5) is 6.32. The van der Waals surface area contributed by atoms with Gasteiger partial charge in [-0.3, -0.25) is 0 Å². The summed E-state index contributed by atoms with van der Waals surface area (Å²) in [6.07, 6.45) is 8.12. The molecule has 18 heavy (non-hydrogen) atoms. The molecule has 0 amide bonds. The molecule has 0 aromatic carbocycles. The molecule has 6 nitrogen and oxygen atoms in total. The van der Waals surface area contributed by atoms with Crippen LogP contribution in [0, 0.1) is 5.41 Å². The van der Waals surface area contributed by atoms with Gasteiger partial charge >= 0.3 is 0 Å². The molecule has 0 atom stereocenters. The molecule has 1 aromatic rings. The topological polar surface area (TPSA) is 101 Å². The number of aromatic nitrogens is 2. The van der Waals surface area contributed by atoms with Crippen LogP contribution >= 0.6 is 0 Å². The molecular weight excluding hydrogens is 252 g/mol. The summed E-state index contributed by atoms with van der Waals surface area (Å²) in [7, 11) is -3.49. The van der Waals surface area contributed by atoms with Crippen molar-refractivity contribution in [1.82, 2.24) is 14.7 Å². The van der Waals surface area contributed by atoms with Crippen LogP contribution in [-0.2, 0) is 10.0 Å². The third-order valence-corrected chi connectivity index (χ3v) is 5.07. The van der Waals surface area contributed by atoms with E-state index in [1.54, 1.807) is 0 Å². The lowest BCUT2D eigenvalue weighted by Gasteiger charge is -2.36. The maximum absolute atomic E-state index is 12.0. The zero-order valence-electron chi connectivity index (χ0n) is 10.4. The fourth-order valence-corrected chi connectivity index (χ4v) is 3.53. The van der Waals surface area contributed by atoms with Crippen molar-refractivity contribution in [2.75, 3.05) is 13.1 Å². The van der Waals surface area contributed by atoms with Crippen LogP contribution in [0.4, 0.5) is 0 Å². The lowest BCUT2D eigenvalue weighted by atomic mass is 9.74. The van der Waals surface area contributed by atoms with E-state index in [1.165, 1.54) is 18.9 Å². The van der Waals surface area contributed by atoms with Crippen molar-refractivity contribution in [3.05, 3.63) is 12.5 Å². The Morgan fingerprint density at radius 2 is 2.11 bits per heavy atom. The van der Waals surface area contributed by atoms with Crippen molar-refractivity contribution in [1.29, 1.82) is 0 Å². The van der Waals surface area contributed by atoms with Gasteiger partial charge in [-0.2, -0.15) is 0 Å². The quantitative estimate of drug-likeness (QED) is 0.730. The first-order valence-electron chi connectivity index (χ1n) is 6.26. The van der Waals surface area contributed by atoms with Gasteiger partial charge in [0.25, 0.3) is 10.0 Å². The number of sulfonamides is 1. The summed E-state index contributed by atoms with van der Waals surface area (Å²) >= 11 is 0. The molecule has 7 heteroatoms. The van der Waals surface area contributed by atoms with E-state index in [2.05, 4.69) is 14.7 Å². The number of rotatable bonds is 5. The lowest BCUT2D eigenvalue weighted by molar-refractivity contribution is 0.202. The molecule has 0 unspecified atom stereocenters. The number of nitrogens with two attached hydrogens (primary N) is 1. The average molecular weight is 272 g/mol. The Bertz CT molecular complexity index is 463. The maximum Gasteiger partial charge on any atom is 0.257 e. The second-order valence-corrected chi connectivity index (χ2v) is 6.74. The normalized spacial score (nSPS) is 19.8. The fraction of sp³-hybridized carbons (Fsp3) is 0.727. The van der Waals surface area contributed by atoms with E-state index in [-0.39, 0.29) is 10.4 Å². The summed E-state index contributed by atoms with van der Waals surface area (Å²) in [6, 6.07) is 0. The summed E-state index contributed by atoms with van der Waals surface area (Å²) < 4.78 is 26.6. The fourth-order valence-electron chi connectivity index (χ4n) is 2.47. The Morgan fingerprint density at radius 1 is 1.39 bits per heavy atom. The first-order chi connectivity index (χ1) is 8.58. The van der Waals surface area contributed by atoms with Gasteiger partial charge in [-0.15, -0.1) is 0 Å². The van der Waals surface area contributed by atoms with Crippen molar-refractivity contribution < 1.29 is 8.42 Å². The van der Waals surface area contributed by atoms with Gasteiger partial charge in [0.2, 0.25) is 0 Å². The van der Waals surface area contributed by atoms with E-state index in [9.17, 15) is 8.42 Å². The molecule has 1 aliphatic carbocycles. The van der Waals surface area contributed by atoms with Gasteiger partial charge < -0.3 is 10.7 Å². The highest BCUT2D eigenvalue weighted by Gasteiger charge is 2.32. The number of H-pyrrole nitrogens is 1. The lowest BCUT2D eigenvalue weighted by Crippen LogP contribution is -2.43. The standard InChI is InChI=1S/C11H20N4O2S/c12-7-11(4-2-1-3-5-11)8-15-18(16,17)10-6-13-9-14-10/h6,9,15H,1-5,7-8,12H2,(H,13,14). The van der Waals surface area contributed by atoms with Crippen LogP contribution in [-0.4, -0.2) is 31.5 Å². The Hall–Kier alpha value is -0.920. The van der Waals surface area contributed by atoms with Crippen LogP contribution in [0.2, 0.25) is 0 Å². The Morgan fingerprint density at radius 3 is 2.67 bits per heavy atom. The number of aromatic amines is 1. The van der Waals surface area contributed by atoms with E-state index in [4.69, 9.17) is 5.73 Å². The minimum Gasteiger partial charge on any atom is -0.335 e. The second-order valence-electron chi connectivity index (χ2n) is 5.01. The van der Waals surface area contributed by atoms with Crippen molar-refractivity contribution >= 4 is 10.0 Å². The van der Waals surface area contributed by atoms with Crippen LogP contribution in [0.5, 0.6) is 0 Å². The minimum absolute atomic E-state index is 0.0780. The van der Waals surface area contributed by atoms with Gasteiger partial charge in [-0.05, 0) is 24.8 Å². The van der Waals surface area contributed by atoms with E-state index >= 15 is 0 Å². The van der Waals surface area contributed by atoms with Gasteiger partial charge in [0.15, 0.2) is 5.03 Å². The van der Waals surface area contributed by atoms with Crippen molar-refractivity contribution in [2.24, 2.45) is 11.1 Å². The highest BCUT2D eigenvalue weighted by molar-refractivity contribution is 7.89. The van der Waals surface area contributed by atoms with E-state index in [1.807, 2.05) is 0 Å². The number of hydrogen-bond acceptors (Lipinski definition) is 4. The first-order valence-corrected chi connectivity index (χ1v) is 7.74. The number of imidazole rings is 1. The SMILES string of the molecule is NCC1(CNS(=O)(=O)c2cnc[nH]2)CCCCC1. The van der Waals surface area contributed by atoms with Crippen LogP contribution in [0.1, 0.15) is 32.1 Å². The molecule has 0 aliphatic heterocycles. The van der Waals surface area contributed by atoms with Gasteiger partial charge in [-0.1, -0.05) is 19.3 Å². The molecule has 4 N–H and O–H groups in total. The highest BCUT2D eigenvalue weighted by Crippen LogP contribution is 2.34. The molecule has 1 aliphatic rings. The van der Waals surface area contributed by atoms with Crippen LogP contribution < -0.4 is 10.5 Å². The van der Waals surface area contributed by atoms with E-state index < -0.39 is 10.0 Å². The predicted molar refractivity (Wildman–Crippen MR) is 68.3 cm³/mol. The van der Waals surface area contributed by atoms with Crippen LogP contribution in [0.25, 0.3) is 0 Å². The smallest absolute Gasteiger partial charge is 0.257 e. The van der Waals surface area contributed by atoms with Gasteiger partial charge in [0.05, 0.1) is 12.5 Å². The van der Waals surface area contributed by atoms with Crippen molar-refractivity contribution in [3.8, 4) is 0 Å². The molecule has 1 aromatic heterocycles. The van der Waals surface area contributed by atoms with Crippen LogP contribution in [0.15, 0.2) is 17.6 Å². The molecule has 102 valence electrons. The molecular formula is C11H20N4O2S. The summed E-state index contributed by atoms with van der Waals surface area (Å²) in [5.41, 5.74) is 5.75. The Labute approximate surface area is 107 Å².